The van der Waals surface area contributed by atoms with Crippen LogP contribution in [0.4, 0.5) is 14.9 Å². The Morgan fingerprint density at radius 3 is 2.38 bits per heavy atom. The van der Waals surface area contributed by atoms with E-state index in [2.05, 4.69) is 0 Å². The molecule has 3 rings (SSSR count). The molecule has 7 nitrogen and oxygen atoms in total. The van der Waals surface area contributed by atoms with E-state index in [4.69, 9.17) is 9.47 Å². The van der Waals surface area contributed by atoms with Gasteiger partial charge in [-0.05, 0) is 39.7 Å². The van der Waals surface area contributed by atoms with Crippen LogP contribution in [0.15, 0.2) is 18.2 Å². The van der Waals surface area contributed by atoms with Crippen molar-refractivity contribution in [3.63, 3.8) is 0 Å². The number of benzene rings is 1. The summed E-state index contributed by atoms with van der Waals surface area (Å²) in [5.74, 6) is -0.744. The van der Waals surface area contributed by atoms with Crippen LogP contribution in [0.1, 0.15) is 46.5 Å². The summed E-state index contributed by atoms with van der Waals surface area (Å²) in [5.41, 5.74) is -0.860. The quantitative estimate of drug-likeness (QED) is 0.595. The van der Waals surface area contributed by atoms with Crippen molar-refractivity contribution in [2.24, 2.45) is 0 Å². The average molecular weight is 366 g/mol. The molecule has 1 aromatic rings. The third-order valence-electron chi connectivity index (χ3n) is 4.71. The van der Waals surface area contributed by atoms with Crippen LogP contribution >= 0.6 is 0 Å². The number of carbonyl (C=O) groups is 1. The molecule has 0 radical (unpaired) electrons. The number of ether oxygens (including phenoxy) is 2. The highest BCUT2D eigenvalue weighted by molar-refractivity contribution is 5.69. The molecule has 2 fully saturated rings. The minimum absolute atomic E-state index is 0.00529. The van der Waals surface area contributed by atoms with E-state index in [1.807, 2.05) is 20.8 Å². The number of hydrogen-bond donors (Lipinski definition) is 0. The average Bonchev–Trinajstić information content (AvgIpc) is 2.79. The van der Waals surface area contributed by atoms with E-state index in [0.717, 1.165) is 18.9 Å². The van der Waals surface area contributed by atoms with Gasteiger partial charge in [0.15, 0.2) is 11.6 Å². The van der Waals surface area contributed by atoms with Gasteiger partial charge in [-0.25, -0.2) is 9.18 Å². The Kier molecular flexibility index (Phi) is 4.77. The lowest BCUT2D eigenvalue weighted by atomic mass is 10.00. The van der Waals surface area contributed by atoms with Crippen molar-refractivity contribution in [1.82, 2.24) is 4.90 Å². The number of hydrogen-bond acceptors (Lipinski definition) is 5. The minimum atomic E-state index is -0.749. The summed E-state index contributed by atoms with van der Waals surface area (Å²) in [5, 5.41) is 10.7. The normalized spacial score (nSPS) is 25.1. The Balaban J connectivity index is 1.66. The molecular weight excluding hydrogens is 343 g/mol. The Labute approximate surface area is 151 Å². The van der Waals surface area contributed by atoms with E-state index in [-0.39, 0.29) is 35.7 Å². The smallest absolute Gasteiger partial charge is 0.410 e. The molecule has 2 aliphatic rings. The zero-order valence-electron chi connectivity index (χ0n) is 15.1. The zero-order valence-corrected chi connectivity index (χ0v) is 15.1. The standard InChI is InChI=1S/C18H23FN2O5/c1-18(2,3)26-17(22)20-11-4-5-12(20)9-14(8-11)25-16-7-6-13(21(23)24)10-15(16)19/h6-7,10-12,14H,4-5,8-9H2,1-3H3/t11-,12+,14?. The number of nitro benzene ring substituents is 1. The lowest BCUT2D eigenvalue weighted by Crippen LogP contribution is -2.50. The van der Waals surface area contributed by atoms with Crippen molar-refractivity contribution in [2.45, 2.75) is 70.2 Å². The van der Waals surface area contributed by atoms with Crippen LogP contribution in [-0.4, -0.2) is 39.7 Å². The largest absolute Gasteiger partial charge is 0.487 e. The molecule has 2 saturated heterocycles. The number of nitro groups is 1. The Morgan fingerprint density at radius 2 is 1.88 bits per heavy atom. The molecule has 0 aromatic heterocycles. The van der Waals surface area contributed by atoms with Crippen molar-refractivity contribution in [3.05, 3.63) is 34.1 Å². The Bertz CT molecular complexity index is 704. The molecule has 0 aliphatic carbocycles. The van der Waals surface area contributed by atoms with Crippen LogP contribution in [0.3, 0.4) is 0 Å². The van der Waals surface area contributed by atoms with Crippen LogP contribution in [0.25, 0.3) is 0 Å². The molecule has 142 valence electrons. The molecule has 2 bridgehead atoms. The second kappa shape index (κ2) is 6.74. The molecule has 26 heavy (non-hydrogen) atoms. The van der Waals surface area contributed by atoms with Gasteiger partial charge in [-0.1, -0.05) is 0 Å². The Hall–Kier alpha value is -2.38. The fourth-order valence-corrected chi connectivity index (χ4v) is 3.71. The topological polar surface area (TPSA) is 81.9 Å². The molecule has 1 unspecified atom stereocenters. The summed E-state index contributed by atoms with van der Waals surface area (Å²) in [6, 6.07) is 3.39. The maximum Gasteiger partial charge on any atom is 0.410 e. The van der Waals surface area contributed by atoms with Crippen LogP contribution < -0.4 is 4.74 Å². The van der Waals surface area contributed by atoms with Crippen LogP contribution in [0.2, 0.25) is 0 Å². The highest BCUT2D eigenvalue weighted by atomic mass is 19.1. The molecule has 3 atom stereocenters. The molecule has 2 aliphatic heterocycles. The van der Waals surface area contributed by atoms with Gasteiger partial charge >= 0.3 is 6.09 Å². The molecule has 1 aromatic carbocycles. The van der Waals surface area contributed by atoms with Crippen molar-refractivity contribution in [2.75, 3.05) is 0 Å². The molecule has 0 N–H and O–H groups in total. The highest BCUT2D eigenvalue weighted by Gasteiger charge is 2.45. The maximum atomic E-state index is 14.1. The number of amides is 1. The van der Waals surface area contributed by atoms with Crippen molar-refractivity contribution >= 4 is 11.8 Å². The second-order valence-electron chi connectivity index (χ2n) is 7.86. The summed E-state index contributed by atoms with van der Waals surface area (Å²) in [6.07, 6.45) is 2.37. The van der Waals surface area contributed by atoms with E-state index in [9.17, 15) is 19.3 Å². The minimum Gasteiger partial charge on any atom is -0.487 e. The monoisotopic (exact) mass is 366 g/mol. The summed E-state index contributed by atoms with van der Waals surface area (Å²) in [7, 11) is 0. The van der Waals surface area contributed by atoms with Gasteiger partial charge in [-0.15, -0.1) is 0 Å². The summed E-state index contributed by atoms with van der Waals surface area (Å²) >= 11 is 0. The fourth-order valence-electron chi connectivity index (χ4n) is 3.71. The maximum absolute atomic E-state index is 14.1. The summed E-state index contributed by atoms with van der Waals surface area (Å²) < 4.78 is 25.3. The van der Waals surface area contributed by atoms with Crippen LogP contribution in [0.5, 0.6) is 5.75 Å². The van der Waals surface area contributed by atoms with Gasteiger partial charge in [0.1, 0.15) is 11.7 Å². The van der Waals surface area contributed by atoms with Gasteiger partial charge in [-0.3, -0.25) is 10.1 Å². The number of piperidine rings is 1. The lowest BCUT2D eigenvalue weighted by Gasteiger charge is -2.39. The number of nitrogens with zero attached hydrogens (tertiary/aromatic N) is 2. The number of non-ortho nitro benzene ring substituents is 1. The second-order valence-corrected chi connectivity index (χ2v) is 7.86. The van der Waals surface area contributed by atoms with E-state index in [0.29, 0.717) is 12.8 Å². The molecule has 8 heteroatoms. The first-order valence-electron chi connectivity index (χ1n) is 8.76. The first-order valence-corrected chi connectivity index (χ1v) is 8.76. The van der Waals surface area contributed by atoms with Crippen molar-refractivity contribution in [3.8, 4) is 5.75 Å². The number of halogens is 1. The predicted octanol–water partition coefficient (Wildman–Crippen LogP) is 4.04. The van der Waals surface area contributed by atoms with Gasteiger partial charge < -0.3 is 14.4 Å². The zero-order chi connectivity index (χ0) is 19.1. The van der Waals surface area contributed by atoms with Gasteiger partial charge in [0.2, 0.25) is 0 Å². The molecule has 1 amide bonds. The van der Waals surface area contributed by atoms with Crippen LogP contribution in [-0.2, 0) is 4.74 Å². The highest BCUT2D eigenvalue weighted by Crippen LogP contribution is 2.38. The van der Waals surface area contributed by atoms with Crippen molar-refractivity contribution in [1.29, 1.82) is 0 Å². The molecular formula is C18H23FN2O5. The van der Waals surface area contributed by atoms with Gasteiger partial charge in [0.25, 0.3) is 5.69 Å². The van der Waals surface area contributed by atoms with E-state index in [1.165, 1.54) is 12.1 Å². The van der Waals surface area contributed by atoms with Gasteiger partial charge in [-0.2, -0.15) is 0 Å². The lowest BCUT2D eigenvalue weighted by molar-refractivity contribution is -0.385. The van der Waals surface area contributed by atoms with E-state index in [1.54, 1.807) is 4.90 Å². The molecule has 0 saturated carbocycles. The SMILES string of the molecule is CC(C)(C)OC(=O)N1[C@@H]2CC[C@H]1CC(Oc1ccc([N+](=O)[O-])cc1F)C2. The van der Waals surface area contributed by atoms with Gasteiger partial charge in [0, 0.05) is 31.0 Å². The fraction of sp³-hybridized carbons (Fsp3) is 0.611. The summed E-state index contributed by atoms with van der Waals surface area (Å²) in [4.78, 5) is 24.3. The Morgan fingerprint density at radius 1 is 1.27 bits per heavy atom. The number of fused-ring (bicyclic) bond motifs is 2. The van der Waals surface area contributed by atoms with Crippen LogP contribution in [0, 0.1) is 15.9 Å². The first kappa shape index (κ1) is 18.4. The third-order valence-corrected chi connectivity index (χ3v) is 4.71. The number of carbonyl (C=O) groups excluding carboxylic acids is 1. The molecule has 0 spiro atoms. The molecule has 2 heterocycles. The summed E-state index contributed by atoms with van der Waals surface area (Å²) in [6.45, 7) is 5.50. The predicted molar refractivity (Wildman–Crippen MR) is 91.6 cm³/mol. The first-order chi connectivity index (χ1) is 12.1. The third kappa shape index (κ3) is 3.89. The van der Waals surface area contributed by atoms with E-state index >= 15 is 0 Å². The van der Waals surface area contributed by atoms with Crippen molar-refractivity contribution < 1.29 is 23.6 Å². The van der Waals surface area contributed by atoms with Gasteiger partial charge in [0.05, 0.1) is 11.0 Å². The number of rotatable bonds is 3. The van der Waals surface area contributed by atoms with E-state index < -0.39 is 16.3 Å².